The zero-order valence-electron chi connectivity index (χ0n) is 15.7. The van der Waals surface area contributed by atoms with Crippen LogP contribution in [0.1, 0.15) is 25.8 Å². The van der Waals surface area contributed by atoms with E-state index in [1.165, 1.54) is 4.57 Å². The van der Waals surface area contributed by atoms with E-state index in [4.69, 9.17) is 0 Å². The summed E-state index contributed by atoms with van der Waals surface area (Å²) in [6.45, 7) is 4.57. The van der Waals surface area contributed by atoms with E-state index in [0.29, 0.717) is 17.4 Å². The molecule has 0 fully saturated rings. The number of carbonyl (C=O) groups is 1. The number of aryl methyl sites for hydroxylation is 2. The summed E-state index contributed by atoms with van der Waals surface area (Å²) in [7, 11) is 1.83. The third-order valence-electron chi connectivity index (χ3n) is 4.51. The zero-order valence-corrected chi connectivity index (χ0v) is 15.7. The molecule has 3 rings (SSSR count). The first-order valence-corrected chi connectivity index (χ1v) is 8.85. The van der Waals surface area contributed by atoms with Crippen molar-refractivity contribution in [3.8, 4) is 0 Å². The minimum Gasteiger partial charge on any atom is -0.336 e. The lowest BCUT2D eigenvalue weighted by atomic mass is 10.2. The average molecular weight is 369 g/mol. The van der Waals surface area contributed by atoms with Crippen LogP contribution in [0, 0.1) is 0 Å². The van der Waals surface area contributed by atoms with Crippen molar-refractivity contribution in [3.05, 3.63) is 63.1 Å². The molecule has 1 N–H and O–H groups in total. The highest BCUT2D eigenvalue weighted by atomic mass is 16.2. The Labute approximate surface area is 156 Å². The molecule has 0 saturated carbocycles. The highest BCUT2D eigenvalue weighted by Gasteiger charge is 2.18. The molecule has 0 aliphatic heterocycles. The van der Waals surface area contributed by atoms with E-state index in [-0.39, 0.29) is 24.9 Å². The van der Waals surface area contributed by atoms with Crippen molar-refractivity contribution < 1.29 is 4.79 Å². The van der Waals surface area contributed by atoms with Crippen molar-refractivity contribution in [2.45, 2.75) is 39.4 Å². The number of hydrogen-bond donors (Lipinski definition) is 1. The average Bonchev–Trinajstić information content (AvgIpc) is 3.04. The molecule has 8 heteroatoms. The van der Waals surface area contributed by atoms with Gasteiger partial charge in [0.25, 0.3) is 5.56 Å². The van der Waals surface area contributed by atoms with Gasteiger partial charge in [0.1, 0.15) is 0 Å². The van der Waals surface area contributed by atoms with Crippen molar-refractivity contribution >= 4 is 16.8 Å². The summed E-state index contributed by atoms with van der Waals surface area (Å²) in [4.78, 5) is 41.0. The SMILES string of the molecule is CC(C)N(Cc1cnn(C)c1)C(=O)CCn1c(=O)[nH]c(=O)c2ccccc21. The van der Waals surface area contributed by atoms with Crippen molar-refractivity contribution in [2.75, 3.05) is 0 Å². The van der Waals surface area contributed by atoms with Crippen LogP contribution in [-0.2, 0) is 24.9 Å². The lowest BCUT2D eigenvalue weighted by Crippen LogP contribution is -2.38. The Morgan fingerprint density at radius 3 is 2.67 bits per heavy atom. The van der Waals surface area contributed by atoms with E-state index in [9.17, 15) is 14.4 Å². The van der Waals surface area contributed by atoms with Crippen LogP contribution in [0.3, 0.4) is 0 Å². The first kappa shape index (κ1) is 18.6. The van der Waals surface area contributed by atoms with E-state index in [2.05, 4.69) is 10.1 Å². The Hall–Kier alpha value is -3.16. The fourth-order valence-electron chi connectivity index (χ4n) is 3.12. The molecule has 2 aromatic heterocycles. The van der Waals surface area contributed by atoms with Gasteiger partial charge in [-0.05, 0) is 26.0 Å². The van der Waals surface area contributed by atoms with Gasteiger partial charge in [-0.1, -0.05) is 12.1 Å². The van der Waals surface area contributed by atoms with Gasteiger partial charge in [0.05, 0.1) is 17.1 Å². The molecule has 0 unspecified atom stereocenters. The topological polar surface area (TPSA) is 93.0 Å². The number of benzene rings is 1. The van der Waals surface area contributed by atoms with E-state index in [1.807, 2.05) is 27.1 Å². The van der Waals surface area contributed by atoms with Crippen LogP contribution in [0.15, 0.2) is 46.2 Å². The molecule has 0 aliphatic rings. The molecule has 8 nitrogen and oxygen atoms in total. The molecule has 0 aliphatic carbocycles. The molecule has 1 amide bonds. The van der Waals surface area contributed by atoms with Gasteiger partial charge >= 0.3 is 5.69 Å². The van der Waals surface area contributed by atoms with Gasteiger partial charge in [0.2, 0.25) is 5.91 Å². The number of aromatic amines is 1. The maximum atomic E-state index is 12.8. The Kier molecular flexibility index (Phi) is 5.25. The van der Waals surface area contributed by atoms with Gasteiger partial charge in [-0.3, -0.25) is 23.8 Å². The third-order valence-corrected chi connectivity index (χ3v) is 4.51. The van der Waals surface area contributed by atoms with Gasteiger partial charge in [0.15, 0.2) is 0 Å². The molecule has 0 spiro atoms. The van der Waals surface area contributed by atoms with Gasteiger partial charge in [-0.15, -0.1) is 0 Å². The van der Waals surface area contributed by atoms with Crippen LogP contribution in [0.25, 0.3) is 10.9 Å². The summed E-state index contributed by atoms with van der Waals surface area (Å²) in [6.07, 6.45) is 3.78. The second kappa shape index (κ2) is 7.61. The van der Waals surface area contributed by atoms with Crippen LogP contribution in [-0.4, -0.2) is 36.2 Å². The standard InChI is InChI=1S/C19H23N5O3/c1-13(2)24(12-14-10-20-22(3)11-14)17(25)8-9-23-16-7-5-4-6-15(16)18(26)21-19(23)27/h4-7,10-11,13H,8-9,12H2,1-3H3,(H,21,26,27). The summed E-state index contributed by atoms with van der Waals surface area (Å²) >= 11 is 0. The summed E-state index contributed by atoms with van der Waals surface area (Å²) in [5.74, 6) is -0.0592. The molecule has 0 radical (unpaired) electrons. The largest absolute Gasteiger partial charge is 0.336 e. The van der Waals surface area contributed by atoms with E-state index in [1.54, 1.807) is 40.0 Å². The highest BCUT2D eigenvalue weighted by molar-refractivity contribution is 5.79. The van der Waals surface area contributed by atoms with E-state index < -0.39 is 11.2 Å². The number of para-hydroxylation sites is 1. The van der Waals surface area contributed by atoms with E-state index >= 15 is 0 Å². The smallest absolute Gasteiger partial charge is 0.328 e. The molecule has 142 valence electrons. The van der Waals surface area contributed by atoms with Crippen molar-refractivity contribution in [1.29, 1.82) is 0 Å². The Bertz CT molecular complexity index is 1080. The lowest BCUT2D eigenvalue weighted by Gasteiger charge is -2.26. The molecule has 0 atom stereocenters. The number of hydrogen-bond acceptors (Lipinski definition) is 4. The van der Waals surface area contributed by atoms with Gasteiger partial charge in [-0.25, -0.2) is 4.79 Å². The summed E-state index contributed by atoms with van der Waals surface area (Å²) < 4.78 is 3.14. The van der Waals surface area contributed by atoms with Crippen molar-refractivity contribution in [2.24, 2.45) is 7.05 Å². The fourth-order valence-corrected chi connectivity index (χ4v) is 3.12. The number of H-pyrrole nitrogens is 1. The fraction of sp³-hybridized carbons (Fsp3) is 0.368. The van der Waals surface area contributed by atoms with E-state index in [0.717, 1.165) is 5.56 Å². The maximum absolute atomic E-state index is 12.8. The van der Waals surface area contributed by atoms with Gasteiger partial charge in [-0.2, -0.15) is 5.10 Å². The normalized spacial score (nSPS) is 11.3. The number of nitrogens with one attached hydrogen (secondary N) is 1. The highest BCUT2D eigenvalue weighted by Crippen LogP contribution is 2.11. The maximum Gasteiger partial charge on any atom is 0.328 e. The second-order valence-electron chi connectivity index (χ2n) is 6.82. The third kappa shape index (κ3) is 3.99. The van der Waals surface area contributed by atoms with Gasteiger partial charge in [0, 0.05) is 44.4 Å². The summed E-state index contributed by atoms with van der Waals surface area (Å²) in [5.41, 5.74) is 0.557. The quantitative estimate of drug-likeness (QED) is 0.708. The molecule has 1 aromatic carbocycles. The molecule has 0 bridgehead atoms. The van der Waals surface area contributed by atoms with Crippen molar-refractivity contribution in [1.82, 2.24) is 24.2 Å². The van der Waals surface area contributed by atoms with Crippen LogP contribution in [0.5, 0.6) is 0 Å². The molecule has 2 heterocycles. The first-order valence-electron chi connectivity index (χ1n) is 8.85. The molecular weight excluding hydrogens is 346 g/mol. The monoisotopic (exact) mass is 369 g/mol. The zero-order chi connectivity index (χ0) is 19.6. The molecular formula is C19H23N5O3. The summed E-state index contributed by atoms with van der Waals surface area (Å²) in [6, 6.07) is 6.90. The number of nitrogens with zero attached hydrogens (tertiary/aromatic N) is 4. The second-order valence-corrected chi connectivity index (χ2v) is 6.82. The van der Waals surface area contributed by atoms with Gasteiger partial charge < -0.3 is 4.90 Å². The van der Waals surface area contributed by atoms with Crippen LogP contribution >= 0.6 is 0 Å². The first-order chi connectivity index (χ1) is 12.9. The molecule has 27 heavy (non-hydrogen) atoms. The number of fused-ring (bicyclic) bond motifs is 1. The Morgan fingerprint density at radius 1 is 1.26 bits per heavy atom. The van der Waals surface area contributed by atoms with Crippen LogP contribution < -0.4 is 11.2 Å². The number of aromatic nitrogens is 4. The van der Waals surface area contributed by atoms with Crippen LogP contribution in [0.4, 0.5) is 0 Å². The predicted molar refractivity (Wildman–Crippen MR) is 102 cm³/mol. The molecule has 0 saturated heterocycles. The molecule has 3 aromatic rings. The summed E-state index contributed by atoms with van der Waals surface area (Å²) in [5, 5.41) is 4.57. The number of carbonyl (C=O) groups excluding carboxylic acids is 1. The number of rotatable bonds is 6. The van der Waals surface area contributed by atoms with Crippen molar-refractivity contribution in [3.63, 3.8) is 0 Å². The van der Waals surface area contributed by atoms with Crippen LogP contribution in [0.2, 0.25) is 0 Å². The number of amides is 1. The Morgan fingerprint density at radius 2 is 2.00 bits per heavy atom. The predicted octanol–water partition coefficient (Wildman–Crippen LogP) is 1.25. The lowest BCUT2D eigenvalue weighted by molar-refractivity contribution is -0.133. The minimum absolute atomic E-state index is 0.0155. The minimum atomic E-state index is -0.505. The Balaban J connectivity index is 1.81.